The summed E-state index contributed by atoms with van der Waals surface area (Å²) in [6.45, 7) is 0. The molecule has 0 fully saturated rings. The first kappa shape index (κ1) is 16.9. The van der Waals surface area contributed by atoms with Gasteiger partial charge < -0.3 is 9.64 Å². The van der Waals surface area contributed by atoms with E-state index in [0.29, 0.717) is 10.9 Å². The number of para-hydroxylation sites is 1. The van der Waals surface area contributed by atoms with Gasteiger partial charge in [-0.2, -0.15) is 0 Å². The van der Waals surface area contributed by atoms with Crippen molar-refractivity contribution in [3.05, 3.63) is 59.1 Å². The zero-order valence-corrected chi connectivity index (χ0v) is 15.4. The Bertz CT molecular complexity index is 660. The van der Waals surface area contributed by atoms with Crippen molar-refractivity contribution in [1.29, 1.82) is 0 Å². The van der Waals surface area contributed by atoms with Crippen LogP contribution >= 0.6 is 40.4 Å². The highest BCUT2D eigenvalue weighted by Gasteiger charge is 2.20. The summed E-state index contributed by atoms with van der Waals surface area (Å²) in [5.74, 6) is 0.663. The topological polar surface area (TPSA) is 15.7 Å². The second kappa shape index (κ2) is 7.67. The minimum atomic E-state index is 0.284. The van der Waals surface area contributed by atoms with Gasteiger partial charge in [-0.1, -0.05) is 34.1 Å². The summed E-state index contributed by atoms with van der Waals surface area (Å²) in [7, 11) is 3.75. The summed E-state index contributed by atoms with van der Waals surface area (Å²) in [5.41, 5.74) is 0.864. The first-order valence-corrected chi connectivity index (χ1v) is 8.14. The first-order valence-electron chi connectivity index (χ1n) is 6.53. The third kappa shape index (κ3) is 4.25. The minimum Gasteiger partial charge on any atom is -0.431 e. The van der Waals surface area contributed by atoms with Gasteiger partial charge in [0, 0.05) is 18.6 Å². The quantitative estimate of drug-likeness (QED) is 0.696. The summed E-state index contributed by atoms with van der Waals surface area (Å²) in [4.78, 5) is 3.55. The van der Waals surface area contributed by atoms with Crippen molar-refractivity contribution in [3.8, 4) is 5.75 Å². The molecule has 2 aromatic rings. The molecule has 0 aliphatic rings. The molecule has 22 heavy (non-hydrogen) atoms. The Labute approximate surface area is 149 Å². The van der Waals surface area contributed by atoms with E-state index >= 15 is 0 Å². The van der Waals surface area contributed by atoms with E-state index in [1.165, 1.54) is 0 Å². The van der Waals surface area contributed by atoms with Gasteiger partial charge in [-0.15, -0.1) is 0 Å². The fourth-order valence-electron chi connectivity index (χ4n) is 1.72. The fraction of sp³-hybridized carbons (Fsp3) is 0.125. The van der Waals surface area contributed by atoms with E-state index in [-0.39, 0.29) is 5.17 Å². The predicted octanol–water partition coefficient (Wildman–Crippen LogP) is 4.47. The third-order valence-corrected chi connectivity index (χ3v) is 4.13. The summed E-state index contributed by atoms with van der Waals surface area (Å²) in [6.07, 6.45) is 0. The van der Waals surface area contributed by atoms with Crippen LogP contribution in [0.5, 0.6) is 5.75 Å². The average molecular weight is 395 g/mol. The molecule has 0 aromatic heterocycles. The van der Waals surface area contributed by atoms with E-state index in [1.54, 1.807) is 4.90 Å². The lowest BCUT2D eigenvalue weighted by molar-refractivity contribution is 0.549. The van der Waals surface area contributed by atoms with Crippen molar-refractivity contribution >= 4 is 56.3 Å². The van der Waals surface area contributed by atoms with E-state index in [9.17, 15) is 0 Å². The molecule has 0 saturated carbocycles. The van der Waals surface area contributed by atoms with Crippen LogP contribution in [0.3, 0.4) is 0 Å². The fourth-order valence-corrected chi connectivity index (χ4v) is 2.52. The highest BCUT2D eigenvalue weighted by Crippen LogP contribution is 2.20. The Morgan fingerprint density at radius 1 is 0.955 bits per heavy atom. The van der Waals surface area contributed by atoms with E-state index in [4.69, 9.17) is 29.2 Å². The number of halogens is 1. The van der Waals surface area contributed by atoms with E-state index in [1.807, 2.05) is 73.6 Å². The Kier molecular flexibility index (Phi) is 5.88. The lowest BCUT2D eigenvalue weighted by atomic mass is 10.3. The van der Waals surface area contributed by atoms with Crippen LogP contribution < -0.4 is 9.64 Å². The Morgan fingerprint density at radius 2 is 1.55 bits per heavy atom. The monoisotopic (exact) mass is 394 g/mol. The molecular weight excluding hydrogens is 380 g/mol. The first-order chi connectivity index (χ1) is 10.5. The molecule has 0 amide bonds. The van der Waals surface area contributed by atoms with Gasteiger partial charge >= 0.3 is 0 Å². The third-order valence-electron chi connectivity index (χ3n) is 2.79. The number of anilines is 1. The van der Waals surface area contributed by atoms with Gasteiger partial charge in [0.05, 0.1) is 5.69 Å². The average Bonchev–Trinajstić information content (AvgIpc) is 2.50. The molecule has 0 saturated heterocycles. The molecule has 114 valence electrons. The second-order valence-electron chi connectivity index (χ2n) is 4.67. The number of hydrogen-bond donors (Lipinski definition) is 0. The second-order valence-corrected chi connectivity index (χ2v) is 6.30. The lowest BCUT2D eigenvalue weighted by Crippen LogP contribution is -2.44. The molecule has 2 rings (SSSR count). The van der Waals surface area contributed by atoms with Crippen LogP contribution in [-0.2, 0) is 0 Å². The molecule has 0 atom stereocenters. The van der Waals surface area contributed by atoms with Crippen molar-refractivity contribution in [2.75, 3.05) is 19.0 Å². The minimum absolute atomic E-state index is 0.284. The van der Waals surface area contributed by atoms with Crippen molar-refractivity contribution < 1.29 is 4.74 Å². The van der Waals surface area contributed by atoms with Crippen LogP contribution in [-0.4, -0.2) is 29.3 Å². The van der Waals surface area contributed by atoms with Crippen molar-refractivity contribution in [2.24, 2.45) is 0 Å². The Hall–Kier alpha value is -1.50. The maximum absolute atomic E-state index is 5.78. The van der Waals surface area contributed by atoms with Crippen molar-refractivity contribution in [1.82, 2.24) is 4.90 Å². The molecule has 0 bridgehead atoms. The molecule has 6 heteroatoms. The SMILES string of the molecule is CN(C)C(=S)N(C(=S)Oc1ccc(Br)cc1)c1ccccc1. The van der Waals surface area contributed by atoms with Gasteiger partial charge in [0.1, 0.15) is 5.75 Å². The highest BCUT2D eigenvalue weighted by molar-refractivity contribution is 9.10. The lowest BCUT2D eigenvalue weighted by Gasteiger charge is -2.28. The molecule has 0 aliphatic heterocycles. The maximum atomic E-state index is 5.78. The van der Waals surface area contributed by atoms with Crippen molar-refractivity contribution in [2.45, 2.75) is 0 Å². The Balaban J connectivity index is 2.26. The molecule has 0 heterocycles. The van der Waals surface area contributed by atoms with Gasteiger partial charge in [0.15, 0.2) is 5.11 Å². The predicted molar refractivity (Wildman–Crippen MR) is 103 cm³/mol. The smallest absolute Gasteiger partial charge is 0.275 e. The van der Waals surface area contributed by atoms with Gasteiger partial charge in [0.25, 0.3) is 5.17 Å². The standard InChI is InChI=1S/C16H15BrN2OS2/c1-18(2)15(21)19(13-6-4-3-5-7-13)16(22)20-14-10-8-12(17)9-11-14/h3-11H,1-2H3. The summed E-state index contributed by atoms with van der Waals surface area (Å²) in [5, 5.41) is 0.848. The number of ether oxygens (including phenoxy) is 1. The van der Waals surface area contributed by atoms with Crippen LogP contribution in [0.2, 0.25) is 0 Å². The van der Waals surface area contributed by atoms with Gasteiger partial charge in [0.2, 0.25) is 0 Å². The summed E-state index contributed by atoms with van der Waals surface area (Å²) >= 11 is 14.3. The van der Waals surface area contributed by atoms with Gasteiger partial charge in [-0.25, -0.2) is 4.90 Å². The Morgan fingerprint density at radius 3 is 2.09 bits per heavy atom. The number of hydrogen-bond acceptors (Lipinski definition) is 3. The van der Waals surface area contributed by atoms with Crippen LogP contribution in [0.1, 0.15) is 0 Å². The molecule has 3 nitrogen and oxygen atoms in total. The van der Waals surface area contributed by atoms with Crippen LogP contribution in [0.4, 0.5) is 5.69 Å². The number of nitrogens with zero attached hydrogens (tertiary/aromatic N) is 2. The van der Waals surface area contributed by atoms with E-state index < -0.39 is 0 Å². The number of rotatable bonds is 2. The van der Waals surface area contributed by atoms with Gasteiger partial charge in [-0.3, -0.25) is 0 Å². The van der Waals surface area contributed by atoms with Gasteiger partial charge in [-0.05, 0) is 60.8 Å². The molecule has 0 spiro atoms. The number of thiocarbonyl (C=S) groups is 2. The molecule has 0 aliphatic carbocycles. The summed E-state index contributed by atoms with van der Waals surface area (Å²) < 4.78 is 6.76. The molecular formula is C16H15BrN2OS2. The zero-order chi connectivity index (χ0) is 16.1. The maximum Gasteiger partial charge on any atom is 0.275 e. The normalized spacial score (nSPS) is 9.95. The van der Waals surface area contributed by atoms with Crippen LogP contribution in [0, 0.1) is 0 Å². The molecule has 2 aromatic carbocycles. The molecule has 0 unspecified atom stereocenters. The highest BCUT2D eigenvalue weighted by atomic mass is 79.9. The zero-order valence-electron chi connectivity index (χ0n) is 12.2. The molecule has 0 N–H and O–H groups in total. The largest absolute Gasteiger partial charge is 0.431 e. The van der Waals surface area contributed by atoms with Crippen LogP contribution in [0.25, 0.3) is 0 Å². The number of benzene rings is 2. The van der Waals surface area contributed by atoms with E-state index in [2.05, 4.69) is 15.9 Å². The van der Waals surface area contributed by atoms with Crippen molar-refractivity contribution in [3.63, 3.8) is 0 Å². The molecule has 0 radical (unpaired) electrons. The van der Waals surface area contributed by atoms with Crippen LogP contribution in [0.15, 0.2) is 59.1 Å². The van der Waals surface area contributed by atoms with E-state index in [0.717, 1.165) is 10.2 Å². The summed E-state index contributed by atoms with van der Waals surface area (Å²) in [6, 6.07) is 17.2.